The summed E-state index contributed by atoms with van der Waals surface area (Å²) in [5.74, 6) is 0.716. The maximum Gasteiger partial charge on any atom is 0.161 e. The molecule has 0 amide bonds. The number of aromatic nitrogens is 2. The topological polar surface area (TPSA) is 25.8 Å². The van der Waals surface area contributed by atoms with Gasteiger partial charge < -0.3 is 0 Å². The molecule has 2 nitrogen and oxygen atoms in total. The average Bonchev–Trinajstić information content (AvgIpc) is 3.68. The molecule has 0 fully saturated rings. The zero-order valence-electron chi connectivity index (χ0n) is 27.7. The average molecular weight is 647 g/mol. The van der Waals surface area contributed by atoms with Crippen LogP contribution in [0.4, 0.5) is 0 Å². The first-order chi connectivity index (χ1) is 25.3. The van der Waals surface area contributed by atoms with E-state index in [0.717, 1.165) is 39.2 Å². The molecule has 0 saturated carbocycles. The molecule has 2 aliphatic carbocycles. The lowest BCUT2D eigenvalue weighted by molar-refractivity contribution is 0.797. The van der Waals surface area contributed by atoms with Crippen LogP contribution in [0.15, 0.2) is 182 Å². The van der Waals surface area contributed by atoms with Gasteiger partial charge in [0.1, 0.15) is 0 Å². The van der Waals surface area contributed by atoms with Crippen molar-refractivity contribution in [2.75, 3.05) is 0 Å². The molecule has 0 bridgehead atoms. The highest BCUT2D eigenvalue weighted by Crippen LogP contribution is 2.62. The Bertz CT molecular complexity index is 2730. The van der Waals surface area contributed by atoms with Gasteiger partial charge in [-0.05, 0) is 78.2 Å². The van der Waals surface area contributed by atoms with Gasteiger partial charge in [-0.25, -0.2) is 9.97 Å². The van der Waals surface area contributed by atoms with Gasteiger partial charge in [0.25, 0.3) is 0 Å². The normalized spacial score (nSPS) is 13.3. The first-order valence-corrected chi connectivity index (χ1v) is 17.6. The van der Waals surface area contributed by atoms with Crippen molar-refractivity contribution in [1.82, 2.24) is 9.97 Å². The molecule has 0 atom stereocenters. The van der Waals surface area contributed by atoms with Crippen molar-refractivity contribution in [2.45, 2.75) is 5.41 Å². The lowest BCUT2D eigenvalue weighted by Crippen LogP contribution is -2.26. The molecule has 1 spiro atoms. The molecule has 51 heavy (non-hydrogen) atoms. The fraction of sp³-hybridized carbons (Fsp3) is 0.0204. The fourth-order valence-corrected chi connectivity index (χ4v) is 8.97. The van der Waals surface area contributed by atoms with E-state index in [2.05, 4.69) is 170 Å². The summed E-state index contributed by atoms with van der Waals surface area (Å²) in [4.78, 5) is 10.4. The van der Waals surface area contributed by atoms with Gasteiger partial charge in [0.15, 0.2) is 5.82 Å². The van der Waals surface area contributed by atoms with Crippen LogP contribution in [-0.2, 0) is 5.41 Å². The zero-order chi connectivity index (χ0) is 33.5. The number of fused-ring (bicyclic) bond motifs is 7. The Morgan fingerprint density at radius 2 is 0.824 bits per heavy atom. The second-order valence-electron chi connectivity index (χ2n) is 13.7. The lowest BCUT2D eigenvalue weighted by atomic mass is 9.70. The predicted octanol–water partition coefficient (Wildman–Crippen LogP) is 12.1. The third-order valence-corrected chi connectivity index (χ3v) is 11.1. The summed E-state index contributed by atoms with van der Waals surface area (Å²) in [7, 11) is 0. The van der Waals surface area contributed by atoms with E-state index in [9.17, 15) is 0 Å². The molecule has 1 heterocycles. The van der Waals surface area contributed by atoms with Crippen molar-refractivity contribution in [3.8, 4) is 56.2 Å². The maximum atomic E-state index is 5.21. The zero-order valence-corrected chi connectivity index (χ0v) is 27.7. The van der Waals surface area contributed by atoms with E-state index in [1.807, 2.05) is 12.1 Å². The third-order valence-electron chi connectivity index (χ3n) is 11.1. The molecule has 0 N–H and O–H groups in total. The molecular formula is C49H30N2. The fourth-order valence-electron chi connectivity index (χ4n) is 8.97. The maximum absolute atomic E-state index is 5.21. The Morgan fingerprint density at radius 1 is 0.314 bits per heavy atom. The van der Waals surface area contributed by atoms with Crippen LogP contribution in [0, 0.1) is 0 Å². The van der Waals surface area contributed by atoms with E-state index >= 15 is 0 Å². The van der Waals surface area contributed by atoms with Crippen LogP contribution in [0.25, 0.3) is 77.7 Å². The predicted molar refractivity (Wildman–Crippen MR) is 210 cm³/mol. The van der Waals surface area contributed by atoms with Crippen molar-refractivity contribution in [3.05, 3.63) is 204 Å². The minimum Gasteiger partial charge on any atom is -0.228 e. The quantitative estimate of drug-likeness (QED) is 0.178. The van der Waals surface area contributed by atoms with Gasteiger partial charge in [-0.2, -0.15) is 0 Å². The first kappa shape index (κ1) is 28.2. The lowest BCUT2D eigenvalue weighted by Gasteiger charge is -2.31. The molecule has 0 aliphatic heterocycles. The van der Waals surface area contributed by atoms with Gasteiger partial charge in [-0.3, -0.25) is 0 Å². The molecule has 236 valence electrons. The molecule has 8 aromatic carbocycles. The SMILES string of the molecule is c1ccc(-c2cc(-c3ccccc3)nc(-c3ccccc3-c3ccc4c(c3)-c3ccccc3C43c4cccc5ccc6cccc3c6c45)n2)cc1. The molecular weight excluding hydrogens is 617 g/mol. The van der Waals surface area contributed by atoms with Crippen LogP contribution in [0.5, 0.6) is 0 Å². The van der Waals surface area contributed by atoms with E-state index in [-0.39, 0.29) is 5.41 Å². The van der Waals surface area contributed by atoms with Crippen molar-refractivity contribution in [2.24, 2.45) is 0 Å². The molecule has 9 aromatic rings. The number of hydrogen-bond acceptors (Lipinski definition) is 2. The highest BCUT2D eigenvalue weighted by molar-refractivity contribution is 6.17. The summed E-state index contributed by atoms with van der Waals surface area (Å²) in [5.41, 5.74) is 14.9. The number of hydrogen-bond donors (Lipinski definition) is 0. The third kappa shape index (κ3) is 3.93. The van der Waals surface area contributed by atoms with Crippen LogP contribution < -0.4 is 0 Å². The highest BCUT2D eigenvalue weighted by Gasteiger charge is 2.50. The smallest absolute Gasteiger partial charge is 0.161 e. The summed E-state index contributed by atoms with van der Waals surface area (Å²) >= 11 is 0. The number of nitrogens with zero attached hydrogens (tertiary/aromatic N) is 2. The van der Waals surface area contributed by atoms with E-state index in [4.69, 9.17) is 9.97 Å². The molecule has 0 unspecified atom stereocenters. The van der Waals surface area contributed by atoms with Gasteiger partial charge in [0.05, 0.1) is 16.8 Å². The minimum atomic E-state index is -0.371. The number of benzene rings is 8. The van der Waals surface area contributed by atoms with E-state index in [1.54, 1.807) is 0 Å². The first-order valence-electron chi connectivity index (χ1n) is 17.6. The summed E-state index contributed by atoms with van der Waals surface area (Å²) in [6, 6.07) is 65.9. The second-order valence-corrected chi connectivity index (χ2v) is 13.7. The molecule has 2 aliphatic rings. The van der Waals surface area contributed by atoms with Crippen LogP contribution >= 0.6 is 0 Å². The van der Waals surface area contributed by atoms with Gasteiger partial charge in [0, 0.05) is 16.7 Å². The summed E-state index contributed by atoms with van der Waals surface area (Å²) in [6.07, 6.45) is 0. The van der Waals surface area contributed by atoms with E-state index in [0.29, 0.717) is 5.82 Å². The summed E-state index contributed by atoms with van der Waals surface area (Å²) in [6.45, 7) is 0. The Morgan fingerprint density at radius 3 is 1.45 bits per heavy atom. The van der Waals surface area contributed by atoms with Crippen LogP contribution in [0.3, 0.4) is 0 Å². The highest BCUT2D eigenvalue weighted by atomic mass is 14.9. The second kappa shape index (κ2) is 10.7. The summed E-state index contributed by atoms with van der Waals surface area (Å²) in [5, 5.41) is 5.36. The molecule has 0 radical (unpaired) electrons. The number of rotatable bonds is 4. The van der Waals surface area contributed by atoms with Crippen LogP contribution in [-0.4, -0.2) is 9.97 Å². The Labute approximate surface area is 296 Å². The molecule has 2 heteroatoms. The van der Waals surface area contributed by atoms with Crippen LogP contribution in [0.2, 0.25) is 0 Å². The van der Waals surface area contributed by atoms with Crippen molar-refractivity contribution >= 4 is 21.5 Å². The van der Waals surface area contributed by atoms with Gasteiger partial charge >= 0.3 is 0 Å². The Kier molecular flexibility index (Phi) is 5.91. The largest absolute Gasteiger partial charge is 0.228 e. The monoisotopic (exact) mass is 646 g/mol. The standard InChI is InChI=1S/C49H30N2/c1-3-13-31(14-4-1)44-30-45(32-15-5-2-6-16-32)51-48(50-44)38-21-8-7-19-36(38)35-27-28-41-39(29-35)37-20-9-10-22-40(37)49(41)42-23-11-17-33-25-26-34-18-12-24-43(49)47(34)46(33)42/h1-30H. The van der Waals surface area contributed by atoms with Crippen molar-refractivity contribution < 1.29 is 0 Å². The van der Waals surface area contributed by atoms with Gasteiger partial charge in [-0.1, -0.05) is 170 Å². The minimum absolute atomic E-state index is 0.371. The van der Waals surface area contributed by atoms with Gasteiger partial charge in [-0.15, -0.1) is 0 Å². The van der Waals surface area contributed by atoms with Gasteiger partial charge in [0.2, 0.25) is 0 Å². The molecule has 0 saturated heterocycles. The van der Waals surface area contributed by atoms with E-state index < -0.39 is 0 Å². The summed E-state index contributed by atoms with van der Waals surface area (Å²) < 4.78 is 0. The Hall–Kier alpha value is -6.64. The van der Waals surface area contributed by atoms with E-state index in [1.165, 1.54) is 54.9 Å². The van der Waals surface area contributed by atoms with Crippen molar-refractivity contribution in [3.63, 3.8) is 0 Å². The van der Waals surface area contributed by atoms with Crippen LogP contribution in [0.1, 0.15) is 22.3 Å². The molecule has 11 rings (SSSR count). The molecule has 1 aromatic heterocycles. The Balaban J connectivity index is 1.13. The van der Waals surface area contributed by atoms with Crippen molar-refractivity contribution in [1.29, 1.82) is 0 Å².